The van der Waals surface area contributed by atoms with E-state index in [4.69, 9.17) is 0 Å². The van der Waals surface area contributed by atoms with Crippen LogP contribution in [0, 0.1) is 5.92 Å². The first kappa shape index (κ1) is 8.84. The zero-order chi connectivity index (χ0) is 8.70. The minimum Gasteiger partial charge on any atom is -0.304 e. The number of hydrogen-bond donors (Lipinski definition) is 1. The highest BCUT2D eigenvalue weighted by atomic mass is 19.4. The average molecular weight is 167 g/mol. The average Bonchev–Trinajstić information content (AvgIpc) is 2.12. The lowest BCUT2D eigenvalue weighted by Gasteiger charge is -2.31. The van der Waals surface area contributed by atoms with Crippen LogP contribution in [0.15, 0.2) is 0 Å². The summed E-state index contributed by atoms with van der Waals surface area (Å²) in [6.07, 6.45) is -3.51. The van der Waals surface area contributed by atoms with Crippen molar-refractivity contribution in [3.63, 3.8) is 0 Å². The first-order valence-electron chi connectivity index (χ1n) is 3.69. The highest BCUT2D eigenvalue weighted by molar-refractivity contribution is 4.99. The summed E-state index contributed by atoms with van der Waals surface area (Å²) in [5.41, 5.74) is -1.66. The second kappa shape index (κ2) is 2.37. The van der Waals surface area contributed by atoms with Gasteiger partial charge in [-0.05, 0) is 25.8 Å². The van der Waals surface area contributed by atoms with Crippen LogP contribution in [0.2, 0.25) is 0 Å². The number of hydrogen-bond acceptors (Lipinski definition) is 1. The fraction of sp³-hybridized carbons (Fsp3) is 1.00. The Morgan fingerprint density at radius 1 is 1.45 bits per heavy atom. The summed E-state index contributed by atoms with van der Waals surface area (Å²) in [6, 6.07) is 0. The molecule has 1 nitrogen and oxygen atoms in total. The molecule has 66 valence electrons. The van der Waals surface area contributed by atoms with Gasteiger partial charge >= 0.3 is 6.18 Å². The van der Waals surface area contributed by atoms with Gasteiger partial charge in [-0.3, -0.25) is 0 Å². The van der Waals surface area contributed by atoms with Gasteiger partial charge in [0.05, 0.1) is 0 Å². The van der Waals surface area contributed by atoms with Crippen LogP contribution >= 0.6 is 0 Å². The van der Waals surface area contributed by atoms with Gasteiger partial charge < -0.3 is 5.32 Å². The van der Waals surface area contributed by atoms with Crippen molar-refractivity contribution >= 4 is 0 Å². The normalized spacial score (nSPS) is 39.5. The fourth-order valence-corrected chi connectivity index (χ4v) is 1.39. The third-order valence-electron chi connectivity index (χ3n) is 2.64. The van der Waals surface area contributed by atoms with Gasteiger partial charge in [-0.2, -0.15) is 13.2 Å². The zero-order valence-electron chi connectivity index (χ0n) is 6.63. The van der Waals surface area contributed by atoms with E-state index in [-0.39, 0.29) is 5.92 Å². The van der Waals surface area contributed by atoms with E-state index in [1.165, 1.54) is 6.92 Å². The van der Waals surface area contributed by atoms with Crippen LogP contribution in [-0.4, -0.2) is 18.3 Å². The smallest absolute Gasteiger partial charge is 0.304 e. The van der Waals surface area contributed by atoms with Crippen molar-refractivity contribution in [1.82, 2.24) is 5.32 Å². The molecule has 4 heteroatoms. The molecule has 0 amide bonds. The number of alkyl halides is 3. The molecule has 1 N–H and O–H groups in total. The Hall–Kier alpha value is -0.250. The van der Waals surface area contributed by atoms with Gasteiger partial charge in [0.15, 0.2) is 0 Å². The maximum atomic E-state index is 12.3. The van der Waals surface area contributed by atoms with Crippen molar-refractivity contribution in [3.8, 4) is 0 Å². The van der Waals surface area contributed by atoms with Crippen LogP contribution in [0.4, 0.5) is 13.2 Å². The molecule has 1 rings (SSSR count). The van der Waals surface area contributed by atoms with Crippen LogP contribution in [0.25, 0.3) is 0 Å². The fourth-order valence-electron chi connectivity index (χ4n) is 1.39. The summed E-state index contributed by atoms with van der Waals surface area (Å²) in [5, 5.41) is 2.50. The Kier molecular flexibility index (Phi) is 1.90. The molecule has 1 heterocycles. The highest BCUT2D eigenvalue weighted by Crippen LogP contribution is 2.40. The molecule has 0 aromatic rings. The van der Waals surface area contributed by atoms with Gasteiger partial charge in [0, 0.05) is 0 Å². The van der Waals surface area contributed by atoms with E-state index < -0.39 is 11.7 Å². The summed E-state index contributed by atoms with van der Waals surface area (Å²) < 4.78 is 37.0. The first-order valence-corrected chi connectivity index (χ1v) is 3.69. The minimum absolute atomic E-state index is 0.317. The maximum Gasteiger partial charge on any atom is 0.406 e. The molecule has 0 aromatic carbocycles. The topological polar surface area (TPSA) is 12.0 Å². The molecule has 0 aromatic heterocycles. The molecule has 0 bridgehead atoms. The molecule has 11 heavy (non-hydrogen) atoms. The molecule has 1 aliphatic rings. The molecule has 0 aliphatic carbocycles. The molecule has 0 saturated carbocycles. The predicted molar refractivity (Wildman–Crippen MR) is 36.2 cm³/mol. The van der Waals surface area contributed by atoms with Gasteiger partial charge in [0.1, 0.15) is 5.54 Å². The maximum absolute atomic E-state index is 12.3. The van der Waals surface area contributed by atoms with E-state index in [2.05, 4.69) is 5.32 Å². The van der Waals surface area contributed by atoms with Crippen molar-refractivity contribution in [3.05, 3.63) is 0 Å². The standard InChI is InChI=1S/C7H12F3N/c1-5-3-4-11-6(5,2)7(8,9)10/h5,11H,3-4H2,1-2H3. The highest BCUT2D eigenvalue weighted by Gasteiger charge is 2.56. The van der Waals surface area contributed by atoms with Crippen LogP contribution in [-0.2, 0) is 0 Å². The van der Waals surface area contributed by atoms with Gasteiger partial charge in [-0.25, -0.2) is 0 Å². The van der Waals surface area contributed by atoms with Crippen molar-refractivity contribution in [2.75, 3.05) is 6.54 Å². The summed E-state index contributed by atoms with van der Waals surface area (Å²) in [6.45, 7) is 3.33. The Labute approximate surface area is 64.0 Å². The van der Waals surface area contributed by atoms with Crippen LogP contribution in [0.5, 0.6) is 0 Å². The monoisotopic (exact) mass is 167 g/mol. The van der Waals surface area contributed by atoms with Crippen molar-refractivity contribution in [2.24, 2.45) is 5.92 Å². The summed E-state index contributed by atoms with van der Waals surface area (Å²) in [5.74, 6) is -0.317. The van der Waals surface area contributed by atoms with Gasteiger partial charge in [0.2, 0.25) is 0 Å². The lowest BCUT2D eigenvalue weighted by molar-refractivity contribution is -0.196. The van der Waals surface area contributed by atoms with Crippen LogP contribution < -0.4 is 5.32 Å². The Morgan fingerprint density at radius 3 is 2.18 bits per heavy atom. The lowest BCUT2D eigenvalue weighted by Crippen LogP contribution is -2.53. The van der Waals surface area contributed by atoms with E-state index in [0.29, 0.717) is 13.0 Å². The van der Waals surface area contributed by atoms with E-state index in [1.807, 2.05) is 0 Å². The molecule has 1 saturated heterocycles. The van der Waals surface area contributed by atoms with E-state index in [0.717, 1.165) is 0 Å². The Bertz CT molecular complexity index is 154. The summed E-state index contributed by atoms with van der Waals surface area (Å²) in [7, 11) is 0. The first-order chi connectivity index (χ1) is 4.88. The van der Waals surface area contributed by atoms with Crippen molar-refractivity contribution < 1.29 is 13.2 Å². The van der Waals surface area contributed by atoms with Crippen LogP contribution in [0.3, 0.4) is 0 Å². The summed E-state index contributed by atoms with van der Waals surface area (Å²) >= 11 is 0. The van der Waals surface area contributed by atoms with Crippen molar-refractivity contribution in [1.29, 1.82) is 0 Å². The zero-order valence-corrected chi connectivity index (χ0v) is 6.63. The van der Waals surface area contributed by atoms with Crippen LogP contribution in [0.1, 0.15) is 20.3 Å². The molecule has 2 atom stereocenters. The van der Waals surface area contributed by atoms with E-state index in [1.54, 1.807) is 6.92 Å². The molecule has 1 aliphatic heterocycles. The van der Waals surface area contributed by atoms with Crippen molar-refractivity contribution in [2.45, 2.75) is 32.0 Å². The largest absolute Gasteiger partial charge is 0.406 e. The molecule has 0 spiro atoms. The molecule has 0 radical (unpaired) electrons. The minimum atomic E-state index is -4.12. The molecular weight excluding hydrogens is 155 g/mol. The van der Waals surface area contributed by atoms with Gasteiger partial charge in [-0.1, -0.05) is 6.92 Å². The SMILES string of the molecule is CC1CCNC1(C)C(F)(F)F. The quantitative estimate of drug-likeness (QED) is 0.581. The van der Waals surface area contributed by atoms with Gasteiger partial charge in [-0.15, -0.1) is 0 Å². The molecule has 2 unspecified atom stereocenters. The molecule has 1 fully saturated rings. The number of nitrogens with one attached hydrogen (secondary N) is 1. The van der Waals surface area contributed by atoms with E-state index in [9.17, 15) is 13.2 Å². The third-order valence-corrected chi connectivity index (χ3v) is 2.64. The lowest BCUT2D eigenvalue weighted by atomic mass is 9.88. The number of rotatable bonds is 0. The predicted octanol–water partition coefficient (Wildman–Crippen LogP) is 1.94. The Morgan fingerprint density at radius 2 is 2.00 bits per heavy atom. The third kappa shape index (κ3) is 1.24. The Balaban J connectivity index is 2.81. The second-order valence-electron chi connectivity index (χ2n) is 3.32. The second-order valence-corrected chi connectivity index (χ2v) is 3.32. The summed E-state index contributed by atoms with van der Waals surface area (Å²) in [4.78, 5) is 0. The van der Waals surface area contributed by atoms with E-state index >= 15 is 0 Å². The van der Waals surface area contributed by atoms with Gasteiger partial charge in [0.25, 0.3) is 0 Å². The number of halogens is 3. The molecular formula is C7H12F3N.